The number of likely N-dealkylation sites (N-methyl/N-ethyl adjacent to an activating group) is 1. The first-order chi connectivity index (χ1) is 15.3. The average Bonchev–Trinajstić information content (AvgIpc) is 3.15. The first kappa shape index (κ1) is 25.0. The Hall–Kier alpha value is -1.59. The predicted molar refractivity (Wildman–Crippen MR) is 137 cm³/mol. The van der Waals surface area contributed by atoms with Gasteiger partial charge in [-0.15, -0.1) is 0 Å². The number of amides is 2. The Labute approximate surface area is 206 Å². The van der Waals surface area contributed by atoms with Crippen molar-refractivity contribution in [3.63, 3.8) is 0 Å². The Kier molecular flexibility index (Phi) is 9.01. The van der Waals surface area contributed by atoms with Crippen molar-refractivity contribution < 1.29 is 14.4 Å². The summed E-state index contributed by atoms with van der Waals surface area (Å²) in [5.41, 5.74) is 0.837. The van der Waals surface area contributed by atoms with Crippen LogP contribution in [0.4, 0.5) is 5.13 Å². The molecule has 1 aliphatic rings. The second-order valence-corrected chi connectivity index (χ2v) is 11.4. The molecule has 1 aromatic carbocycles. The molecule has 1 saturated heterocycles. The lowest BCUT2D eigenvalue weighted by atomic mass is 10.0. The van der Waals surface area contributed by atoms with Gasteiger partial charge in [0, 0.05) is 6.42 Å². The number of nitrogens with one attached hydrogen (secondary N) is 2. The molecule has 32 heavy (non-hydrogen) atoms. The van der Waals surface area contributed by atoms with Crippen LogP contribution in [0.5, 0.6) is 0 Å². The zero-order valence-corrected chi connectivity index (χ0v) is 21.6. The van der Waals surface area contributed by atoms with Crippen LogP contribution in [0.2, 0.25) is 0 Å². The zero-order chi connectivity index (χ0) is 23.1. The third-order valence-electron chi connectivity index (χ3n) is 5.82. The van der Waals surface area contributed by atoms with Gasteiger partial charge in [0.05, 0.1) is 16.3 Å². The fraction of sp³-hybridized carbons (Fsp3) is 0.565. The predicted octanol–water partition coefficient (Wildman–Crippen LogP) is 4.51. The van der Waals surface area contributed by atoms with Gasteiger partial charge in [-0.1, -0.05) is 36.3 Å². The minimum atomic E-state index is -1.08. The molecule has 2 N–H and O–H groups in total. The Morgan fingerprint density at radius 2 is 2.00 bits per heavy atom. The minimum Gasteiger partial charge on any atom is -0.332 e. The van der Waals surface area contributed by atoms with Crippen molar-refractivity contribution in [1.29, 1.82) is 0 Å². The minimum absolute atomic E-state index is 0.107. The molecule has 0 radical (unpaired) electrons. The number of Topliss-reactive ketones (excluding diaryl/α,β-unsaturated/α-hetero) is 1. The van der Waals surface area contributed by atoms with Gasteiger partial charge in [-0.05, 0) is 87.3 Å². The lowest BCUT2D eigenvalue weighted by Crippen LogP contribution is -2.57. The number of halogens is 1. The largest absolute Gasteiger partial charge is 0.332 e. The number of rotatable bonds is 10. The fourth-order valence-electron chi connectivity index (χ4n) is 3.96. The molecule has 1 aromatic heterocycles. The quantitative estimate of drug-likeness (QED) is 0.190. The monoisotopic (exact) mass is 570 g/mol. The van der Waals surface area contributed by atoms with Crippen LogP contribution in [0.15, 0.2) is 24.3 Å². The van der Waals surface area contributed by atoms with E-state index in [2.05, 4.69) is 43.1 Å². The summed E-state index contributed by atoms with van der Waals surface area (Å²) in [6.45, 7) is 2.48. The van der Waals surface area contributed by atoms with E-state index < -0.39 is 3.55 Å². The summed E-state index contributed by atoms with van der Waals surface area (Å²) in [6.07, 6.45) is 6.30. The first-order valence-corrected chi connectivity index (χ1v) is 13.1. The Morgan fingerprint density at radius 1 is 1.22 bits per heavy atom. The topological polar surface area (TPSA) is 91.4 Å². The summed E-state index contributed by atoms with van der Waals surface area (Å²) < 4.78 is -0.0831. The van der Waals surface area contributed by atoms with E-state index in [1.54, 1.807) is 6.92 Å². The molecule has 1 fully saturated rings. The molecule has 2 amide bonds. The zero-order valence-electron chi connectivity index (χ0n) is 18.7. The number of fused-ring (bicyclic) bond motifs is 1. The lowest BCUT2D eigenvalue weighted by molar-refractivity contribution is -0.131. The molecule has 0 bridgehead atoms. The molecule has 2 heterocycles. The third kappa shape index (κ3) is 6.71. The highest BCUT2D eigenvalue weighted by molar-refractivity contribution is 14.1. The standard InChI is InChI=1S/C23H31IN4O3S/c1-16(29)10-4-3-8-14-23(24,27-20(30)18-12-7-9-15-28(18)2)21(31)26-22-25-17-11-5-6-13-19(17)32-22/h5-6,11,13,18H,3-4,7-10,12,14-15H2,1-2H3,(H,27,30)(H,25,26,31)/t18?,23-/m1/s1. The van der Waals surface area contributed by atoms with Crippen LogP contribution < -0.4 is 10.6 Å². The maximum Gasteiger partial charge on any atom is 0.262 e. The molecule has 174 valence electrons. The van der Waals surface area contributed by atoms with E-state index >= 15 is 0 Å². The smallest absolute Gasteiger partial charge is 0.262 e. The maximum absolute atomic E-state index is 13.3. The van der Waals surface area contributed by atoms with Gasteiger partial charge in [0.15, 0.2) is 8.68 Å². The molecule has 0 saturated carbocycles. The van der Waals surface area contributed by atoms with Crippen LogP contribution in [0.3, 0.4) is 0 Å². The van der Waals surface area contributed by atoms with E-state index in [4.69, 9.17) is 0 Å². The highest BCUT2D eigenvalue weighted by Gasteiger charge is 2.39. The molecule has 2 atom stereocenters. The van der Waals surface area contributed by atoms with E-state index in [9.17, 15) is 14.4 Å². The number of alkyl halides is 1. The van der Waals surface area contributed by atoms with E-state index in [0.717, 1.165) is 55.3 Å². The van der Waals surface area contributed by atoms with Gasteiger partial charge >= 0.3 is 0 Å². The van der Waals surface area contributed by atoms with Crippen molar-refractivity contribution >= 4 is 66.9 Å². The Morgan fingerprint density at radius 3 is 2.72 bits per heavy atom. The molecule has 9 heteroatoms. The summed E-state index contributed by atoms with van der Waals surface area (Å²) in [5.74, 6) is -0.201. The van der Waals surface area contributed by atoms with Crippen molar-refractivity contribution in [2.45, 2.75) is 67.9 Å². The number of thiazole rings is 1. The molecule has 3 rings (SSSR count). The summed E-state index contributed by atoms with van der Waals surface area (Å²) in [4.78, 5) is 44.2. The molecular formula is C23H31IN4O3S. The average molecular weight is 570 g/mol. The van der Waals surface area contributed by atoms with Crippen LogP contribution in [0, 0.1) is 0 Å². The second kappa shape index (κ2) is 11.5. The lowest BCUT2D eigenvalue weighted by Gasteiger charge is -2.35. The van der Waals surface area contributed by atoms with Gasteiger partial charge < -0.3 is 10.1 Å². The van der Waals surface area contributed by atoms with Crippen LogP contribution in [0.25, 0.3) is 10.2 Å². The van der Waals surface area contributed by atoms with E-state index in [1.807, 2.05) is 31.3 Å². The van der Waals surface area contributed by atoms with Gasteiger partial charge in [0.2, 0.25) is 5.91 Å². The number of carbonyl (C=O) groups excluding carboxylic acids is 3. The summed E-state index contributed by atoms with van der Waals surface area (Å²) in [7, 11) is 1.96. The summed E-state index contributed by atoms with van der Waals surface area (Å²) in [5, 5.41) is 6.51. The molecular weight excluding hydrogens is 539 g/mol. The van der Waals surface area contributed by atoms with Crippen molar-refractivity contribution in [2.24, 2.45) is 0 Å². The van der Waals surface area contributed by atoms with Gasteiger partial charge in [-0.2, -0.15) is 0 Å². The molecule has 0 spiro atoms. The number of nitrogens with zero attached hydrogens (tertiary/aromatic N) is 2. The normalized spacial score (nSPS) is 18.8. The van der Waals surface area contributed by atoms with Gasteiger partial charge in [-0.3, -0.25) is 19.8 Å². The summed E-state index contributed by atoms with van der Waals surface area (Å²) >= 11 is 3.50. The number of hydrogen-bond acceptors (Lipinski definition) is 6. The SMILES string of the molecule is CC(=O)CCCCC[C@@](I)(NC(=O)C1CCCCN1C)C(=O)Nc1nc2ccccc2s1. The van der Waals surface area contributed by atoms with Crippen LogP contribution in [-0.2, 0) is 14.4 Å². The van der Waals surface area contributed by atoms with Crippen molar-refractivity contribution in [3.05, 3.63) is 24.3 Å². The number of unbranched alkanes of at least 4 members (excludes halogenated alkanes) is 2. The number of para-hydroxylation sites is 1. The molecule has 2 aromatic rings. The Bertz CT molecular complexity index is 933. The molecule has 1 unspecified atom stereocenters. The maximum atomic E-state index is 13.3. The summed E-state index contributed by atoms with van der Waals surface area (Å²) in [6, 6.07) is 7.52. The third-order valence-corrected chi connectivity index (χ3v) is 8.07. The number of benzene rings is 1. The van der Waals surface area contributed by atoms with E-state index in [-0.39, 0.29) is 23.6 Å². The number of aromatic nitrogens is 1. The van der Waals surface area contributed by atoms with Gasteiger partial charge in [0.25, 0.3) is 5.91 Å². The van der Waals surface area contributed by atoms with E-state index in [1.165, 1.54) is 11.3 Å². The molecule has 7 nitrogen and oxygen atoms in total. The fourth-order valence-corrected chi connectivity index (χ4v) is 5.60. The van der Waals surface area contributed by atoms with Crippen LogP contribution >= 0.6 is 33.9 Å². The van der Waals surface area contributed by atoms with Gasteiger partial charge in [0.1, 0.15) is 5.78 Å². The highest BCUT2D eigenvalue weighted by Crippen LogP contribution is 2.30. The van der Waals surface area contributed by atoms with Gasteiger partial charge in [-0.25, -0.2) is 4.98 Å². The van der Waals surface area contributed by atoms with Crippen molar-refractivity contribution in [3.8, 4) is 0 Å². The highest BCUT2D eigenvalue weighted by atomic mass is 127. The number of likely N-dealkylation sites (tertiary alicyclic amines) is 1. The number of hydrogen-bond donors (Lipinski definition) is 2. The Balaban J connectivity index is 1.70. The molecule has 1 aliphatic heterocycles. The van der Waals surface area contributed by atoms with Crippen molar-refractivity contribution in [2.75, 3.05) is 18.9 Å². The first-order valence-electron chi connectivity index (χ1n) is 11.2. The van der Waals surface area contributed by atoms with E-state index in [0.29, 0.717) is 18.0 Å². The van der Waals surface area contributed by atoms with Crippen molar-refractivity contribution in [1.82, 2.24) is 15.2 Å². The number of piperidine rings is 1. The number of ketones is 1. The van der Waals surface area contributed by atoms with Crippen LogP contribution in [0.1, 0.15) is 58.3 Å². The van der Waals surface area contributed by atoms with Crippen LogP contribution in [-0.4, -0.2) is 50.7 Å². The number of anilines is 1. The molecule has 0 aliphatic carbocycles. The second-order valence-electron chi connectivity index (χ2n) is 8.49. The number of carbonyl (C=O) groups is 3.